The minimum Gasteiger partial charge on any atom is -0.493 e. The number of rotatable bonds is 8. The molecule has 0 spiro atoms. The van der Waals surface area contributed by atoms with Crippen molar-refractivity contribution < 1.29 is 22.7 Å². The molecule has 0 bridgehead atoms. The Morgan fingerprint density at radius 2 is 1.71 bits per heavy atom. The van der Waals surface area contributed by atoms with E-state index >= 15 is 0 Å². The summed E-state index contributed by atoms with van der Waals surface area (Å²) in [7, 11) is -2.03. The van der Waals surface area contributed by atoms with Crippen molar-refractivity contribution >= 4 is 21.6 Å². The second kappa shape index (κ2) is 10.6. The van der Waals surface area contributed by atoms with E-state index in [4.69, 9.17) is 9.47 Å². The third kappa shape index (κ3) is 5.98. The second-order valence-corrected chi connectivity index (χ2v) is 9.50. The summed E-state index contributed by atoms with van der Waals surface area (Å²) in [4.78, 5) is 12.6. The maximum Gasteiger partial charge on any atom is 0.243 e. The quantitative estimate of drug-likeness (QED) is 0.663. The fraction of sp³-hybridized carbons (Fsp3) is 0.435. The number of amides is 1. The molecule has 2 aromatic carbocycles. The van der Waals surface area contributed by atoms with Crippen LogP contribution in [0.15, 0.2) is 47.4 Å². The van der Waals surface area contributed by atoms with Crippen molar-refractivity contribution in [3.63, 3.8) is 0 Å². The Bertz CT molecular complexity index is 999. The summed E-state index contributed by atoms with van der Waals surface area (Å²) >= 11 is 0. The molecule has 1 heterocycles. The van der Waals surface area contributed by atoms with Gasteiger partial charge in [-0.1, -0.05) is 31.0 Å². The Kier molecular flexibility index (Phi) is 7.92. The van der Waals surface area contributed by atoms with Gasteiger partial charge in [-0.3, -0.25) is 4.79 Å². The molecule has 0 saturated carbocycles. The first-order valence-electron chi connectivity index (χ1n) is 10.6. The average molecular weight is 447 g/mol. The van der Waals surface area contributed by atoms with E-state index in [0.29, 0.717) is 35.8 Å². The van der Waals surface area contributed by atoms with Gasteiger partial charge >= 0.3 is 0 Å². The molecule has 0 aromatic heterocycles. The van der Waals surface area contributed by atoms with E-state index in [2.05, 4.69) is 5.32 Å². The number of hydrogen-bond donors (Lipinski definition) is 1. The van der Waals surface area contributed by atoms with Crippen LogP contribution in [0.5, 0.6) is 11.5 Å². The zero-order valence-electron chi connectivity index (χ0n) is 18.1. The lowest BCUT2D eigenvalue weighted by molar-refractivity contribution is -0.116. The summed E-state index contributed by atoms with van der Waals surface area (Å²) in [6.07, 6.45) is 3.98. The van der Waals surface area contributed by atoms with Gasteiger partial charge in [-0.15, -0.1) is 0 Å². The van der Waals surface area contributed by atoms with Crippen molar-refractivity contribution in [2.24, 2.45) is 0 Å². The highest BCUT2D eigenvalue weighted by molar-refractivity contribution is 7.89. The van der Waals surface area contributed by atoms with Gasteiger partial charge in [-0.05, 0) is 49.6 Å². The van der Waals surface area contributed by atoms with Gasteiger partial charge in [0, 0.05) is 18.8 Å². The van der Waals surface area contributed by atoms with Crippen molar-refractivity contribution in [3.05, 3.63) is 48.0 Å². The summed E-state index contributed by atoms with van der Waals surface area (Å²) in [5.41, 5.74) is 1.13. The highest BCUT2D eigenvalue weighted by atomic mass is 32.2. The predicted octanol–water partition coefficient (Wildman–Crippen LogP) is 3.98. The summed E-state index contributed by atoms with van der Waals surface area (Å²) in [5.74, 6) is 0.917. The first-order chi connectivity index (χ1) is 14.9. The lowest BCUT2D eigenvalue weighted by atomic mass is 10.2. The van der Waals surface area contributed by atoms with Crippen LogP contribution in [0.4, 0.5) is 5.69 Å². The fourth-order valence-electron chi connectivity index (χ4n) is 3.59. The number of hydrogen-bond acceptors (Lipinski definition) is 5. The van der Waals surface area contributed by atoms with Crippen molar-refractivity contribution in [3.8, 4) is 11.5 Å². The van der Waals surface area contributed by atoms with Crippen LogP contribution in [0, 0.1) is 6.92 Å². The fourth-order valence-corrected chi connectivity index (χ4v) is 5.36. The van der Waals surface area contributed by atoms with Crippen LogP contribution in [-0.2, 0) is 14.8 Å². The van der Waals surface area contributed by atoms with Crippen LogP contribution >= 0.6 is 0 Å². The topological polar surface area (TPSA) is 84.9 Å². The molecule has 168 valence electrons. The number of ether oxygens (including phenoxy) is 2. The van der Waals surface area contributed by atoms with Gasteiger partial charge < -0.3 is 14.8 Å². The molecule has 0 aliphatic carbocycles. The molecule has 1 amide bonds. The van der Waals surface area contributed by atoms with Gasteiger partial charge in [-0.2, -0.15) is 4.31 Å². The zero-order chi connectivity index (χ0) is 22.3. The van der Waals surface area contributed by atoms with E-state index in [1.807, 2.05) is 12.1 Å². The van der Waals surface area contributed by atoms with Crippen molar-refractivity contribution in [2.75, 3.05) is 32.1 Å². The van der Waals surface area contributed by atoms with Gasteiger partial charge in [0.05, 0.1) is 25.0 Å². The van der Waals surface area contributed by atoms with Crippen LogP contribution in [0.25, 0.3) is 0 Å². The Morgan fingerprint density at radius 3 is 2.39 bits per heavy atom. The van der Waals surface area contributed by atoms with Gasteiger partial charge in [0.1, 0.15) is 0 Å². The zero-order valence-corrected chi connectivity index (χ0v) is 18.9. The van der Waals surface area contributed by atoms with E-state index in [0.717, 1.165) is 25.7 Å². The average Bonchev–Trinajstić information content (AvgIpc) is 3.05. The summed E-state index contributed by atoms with van der Waals surface area (Å²) < 4.78 is 38.8. The van der Waals surface area contributed by atoms with Crippen LogP contribution in [-0.4, -0.2) is 45.4 Å². The molecule has 0 unspecified atom stereocenters. The first kappa shape index (κ1) is 23.1. The Hall–Kier alpha value is -2.58. The summed E-state index contributed by atoms with van der Waals surface area (Å²) in [6, 6.07) is 12.2. The molecule has 0 radical (unpaired) electrons. The second-order valence-electron chi connectivity index (χ2n) is 7.60. The number of nitrogens with zero attached hydrogens (tertiary/aromatic N) is 1. The van der Waals surface area contributed by atoms with E-state index in [9.17, 15) is 13.2 Å². The number of sulfonamides is 1. The first-order valence-corrected chi connectivity index (χ1v) is 12.0. The number of nitrogens with one attached hydrogen (secondary N) is 1. The molecule has 0 atom stereocenters. The highest BCUT2D eigenvalue weighted by Gasteiger charge is 2.27. The molecule has 31 heavy (non-hydrogen) atoms. The molecule has 8 heteroatoms. The number of aryl methyl sites for hydroxylation is 1. The van der Waals surface area contributed by atoms with E-state index in [1.165, 1.54) is 0 Å². The van der Waals surface area contributed by atoms with Crippen LogP contribution < -0.4 is 14.8 Å². The third-order valence-corrected chi connectivity index (χ3v) is 7.35. The lowest BCUT2D eigenvalue weighted by Crippen LogP contribution is -2.32. The third-order valence-electron chi connectivity index (χ3n) is 5.31. The van der Waals surface area contributed by atoms with Crippen molar-refractivity contribution in [2.45, 2.75) is 43.9 Å². The van der Waals surface area contributed by atoms with E-state index in [-0.39, 0.29) is 23.8 Å². The molecular weight excluding hydrogens is 416 g/mol. The number of anilines is 1. The Balaban J connectivity index is 1.63. The van der Waals surface area contributed by atoms with Crippen LogP contribution in [0.2, 0.25) is 0 Å². The minimum absolute atomic E-state index is 0.125. The molecule has 1 aliphatic heterocycles. The molecular formula is C23H30N2O5S. The van der Waals surface area contributed by atoms with Gasteiger partial charge in [0.2, 0.25) is 15.9 Å². The molecule has 1 N–H and O–H groups in total. The number of carbonyl (C=O) groups excluding carboxylic acids is 1. The standard InChI is InChI=1S/C23H30N2O5S/c1-18-11-12-19(17-22(18)31(27,28)25-14-7-3-4-8-15-25)24-23(26)13-16-30-21-10-6-5-9-20(21)29-2/h5-6,9-12,17H,3-4,7-8,13-16H2,1-2H3,(H,24,26). The summed E-state index contributed by atoms with van der Waals surface area (Å²) in [6.45, 7) is 3.03. The SMILES string of the molecule is COc1ccccc1OCCC(=O)Nc1ccc(C)c(S(=O)(=O)N2CCCCCC2)c1. The number of methoxy groups -OCH3 is 1. The smallest absolute Gasteiger partial charge is 0.243 e. The Labute approximate surface area is 184 Å². The van der Waals surface area contributed by atoms with Crippen molar-refractivity contribution in [1.29, 1.82) is 0 Å². The molecule has 3 rings (SSSR count). The predicted molar refractivity (Wildman–Crippen MR) is 120 cm³/mol. The number of benzene rings is 2. The Morgan fingerprint density at radius 1 is 1.03 bits per heavy atom. The number of carbonyl (C=O) groups is 1. The molecule has 1 saturated heterocycles. The van der Waals surface area contributed by atoms with Gasteiger partial charge in [-0.25, -0.2) is 8.42 Å². The summed E-state index contributed by atoms with van der Waals surface area (Å²) in [5, 5.41) is 2.78. The monoisotopic (exact) mass is 446 g/mol. The largest absolute Gasteiger partial charge is 0.493 e. The molecule has 7 nitrogen and oxygen atoms in total. The molecule has 1 fully saturated rings. The molecule has 2 aromatic rings. The normalized spacial score (nSPS) is 15.2. The maximum atomic E-state index is 13.2. The maximum absolute atomic E-state index is 13.2. The minimum atomic E-state index is -3.59. The highest BCUT2D eigenvalue weighted by Crippen LogP contribution is 2.27. The lowest BCUT2D eigenvalue weighted by Gasteiger charge is -2.21. The van der Waals surface area contributed by atoms with Crippen LogP contribution in [0.1, 0.15) is 37.7 Å². The van der Waals surface area contributed by atoms with Gasteiger partial charge in [0.25, 0.3) is 0 Å². The van der Waals surface area contributed by atoms with E-state index < -0.39 is 10.0 Å². The van der Waals surface area contributed by atoms with E-state index in [1.54, 1.807) is 48.7 Å². The van der Waals surface area contributed by atoms with Crippen LogP contribution in [0.3, 0.4) is 0 Å². The van der Waals surface area contributed by atoms with Crippen molar-refractivity contribution in [1.82, 2.24) is 4.31 Å². The molecule has 1 aliphatic rings. The van der Waals surface area contributed by atoms with Gasteiger partial charge in [0.15, 0.2) is 11.5 Å². The number of para-hydroxylation sites is 2.